The van der Waals surface area contributed by atoms with Gasteiger partial charge in [0.25, 0.3) is 5.91 Å². The molecule has 0 radical (unpaired) electrons. The van der Waals surface area contributed by atoms with E-state index < -0.39 is 62.1 Å². The van der Waals surface area contributed by atoms with Crippen LogP contribution in [0.15, 0.2) is 43.1 Å². The Kier molecular flexibility index (Phi) is 8.40. The molecule has 238 valence electrons. The Morgan fingerprint density at radius 2 is 1.93 bits per heavy atom. The number of pyridine rings is 1. The Morgan fingerprint density at radius 3 is 2.52 bits per heavy atom. The first-order valence-electron chi connectivity index (χ1n) is 14.8. The minimum atomic E-state index is -3.83. The van der Waals surface area contributed by atoms with Crippen LogP contribution in [0.1, 0.15) is 46.5 Å². The number of hydrogen-bond donors (Lipinski definition) is 3. The number of likely N-dealkylation sites (N-methyl/N-ethyl adjacent to an activating group) is 1. The Hall–Kier alpha value is -3.71. The van der Waals surface area contributed by atoms with Crippen LogP contribution in [0, 0.1) is 11.3 Å². The molecule has 1 saturated heterocycles. The molecule has 5 atom stereocenters. The lowest BCUT2D eigenvalue weighted by Crippen LogP contribution is -2.59. The van der Waals surface area contributed by atoms with Crippen LogP contribution in [-0.2, 0) is 24.4 Å². The smallest absolute Gasteiger partial charge is 0.259 e. The maximum Gasteiger partial charge on any atom is 0.259 e. The molecule has 13 heteroatoms. The summed E-state index contributed by atoms with van der Waals surface area (Å²) >= 11 is 0. The fraction of sp³-hybridized carbons (Fsp3) is 0.548. The number of nitrogens with one attached hydrogen (secondary N) is 3. The molecule has 2 aliphatic carbocycles. The number of nitrogens with zero attached hydrogens (tertiary/aromatic N) is 2. The van der Waals surface area contributed by atoms with E-state index in [1.54, 1.807) is 26.4 Å². The summed E-state index contributed by atoms with van der Waals surface area (Å²) in [5.74, 6) is -1.04. The van der Waals surface area contributed by atoms with E-state index in [1.165, 1.54) is 11.0 Å². The molecule has 3 N–H and O–H groups in total. The van der Waals surface area contributed by atoms with Crippen molar-refractivity contribution in [3.63, 3.8) is 0 Å². The van der Waals surface area contributed by atoms with Crippen molar-refractivity contribution in [3.8, 4) is 11.6 Å². The zero-order chi connectivity index (χ0) is 32.0. The zero-order valence-electron chi connectivity index (χ0n) is 25.8. The van der Waals surface area contributed by atoms with Crippen LogP contribution in [-0.4, -0.2) is 85.7 Å². The van der Waals surface area contributed by atoms with Gasteiger partial charge in [0.2, 0.25) is 27.7 Å². The van der Waals surface area contributed by atoms with Gasteiger partial charge in [-0.15, -0.1) is 6.58 Å². The lowest BCUT2D eigenvalue weighted by Gasteiger charge is -2.35. The second-order valence-electron chi connectivity index (χ2n) is 13.0. The standard InChI is InChI=1S/C31H41N5O7S/c1-7-19-16-31(19,29(39)35-44(40,41)22-9-10-22)34-26(37)24-15-21(17-36(24)28(38)25(32-5)30(2,3)4)43-27-23-11-8-20(42-6)14-18(23)12-13-33-27/h7-8,11-14,19,21-22,24-25,32H,1,9-10,15-17H2,2-6H3,(H,34,37)(H,35,39)/t19?,21-,24+,25-,31?/m1/s1. The molecule has 2 heterocycles. The predicted molar refractivity (Wildman–Crippen MR) is 164 cm³/mol. The Bertz CT molecular complexity index is 1590. The zero-order valence-corrected chi connectivity index (χ0v) is 26.6. The molecular weight excluding hydrogens is 586 g/mol. The molecule has 2 saturated carbocycles. The second-order valence-corrected chi connectivity index (χ2v) is 14.9. The molecule has 12 nitrogen and oxygen atoms in total. The SMILES string of the molecule is C=CC1CC1(NC(=O)[C@@H]1C[C@@H](Oc2nccc3cc(OC)ccc23)CN1C(=O)[C@@H](NC)C(C)(C)C)C(=O)NS(=O)(=O)C1CC1. The van der Waals surface area contributed by atoms with Gasteiger partial charge in [0.05, 0.1) is 24.9 Å². The number of amides is 3. The highest BCUT2D eigenvalue weighted by atomic mass is 32.2. The lowest BCUT2D eigenvalue weighted by molar-refractivity contribution is -0.142. The summed E-state index contributed by atoms with van der Waals surface area (Å²) in [7, 11) is -0.548. The summed E-state index contributed by atoms with van der Waals surface area (Å²) < 4.78 is 38.9. The molecule has 3 fully saturated rings. The van der Waals surface area contributed by atoms with Gasteiger partial charge in [0.15, 0.2) is 0 Å². The highest BCUT2D eigenvalue weighted by Crippen LogP contribution is 2.45. The van der Waals surface area contributed by atoms with Gasteiger partial charge in [-0.05, 0) is 61.4 Å². The summed E-state index contributed by atoms with van der Waals surface area (Å²) in [5, 5.41) is 6.91. The highest BCUT2D eigenvalue weighted by Gasteiger charge is 2.62. The van der Waals surface area contributed by atoms with Crippen molar-refractivity contribution in [1.29, 1.82) is 0 Å². The maximum absolute atomic E-state index is 14.0. The number of fused-ring (bicyclic) bond motifs is 1. The monoisotopic (exact) mass is 627 g/mol. The number of likely N-dealkylation sites (tertiary alicyclic amines) is 1. The molecule has 3 amide bonds. The average Bonchev–Trinajstić information content (AvgIpc) is 3.89. The van der Waals surface area contributed by atoms with Crippen molar-refractivity contribution < 1.29 is 32.3 Å². The Balaban J connectivity index is 1.41. The number of carbonyl (C=O) groups excluding carboxylic acids is 3. The van der Waals surface area contributed by atoms with Gasteiger partial charge in [-0.2, -0.15) is 0 Å². The van der Waals surface area contributed by atoms with E-state index >= 15 is 0 Å². The van der Waals surface area contributed by atoms with Gasteiger partial charge in [-0.1, -0.05) is 26.8 Å². The van der Waals surface area contributed by atoms with Crippen molar-refractivity contribution in [3.05, 3.63) is 43.1 Å². The third kappa shape index (κ3) is 6.12. The van der Waals surface area contributed by atoms with Crippen LogP contribution in [0.4, 0.5) is 0 Å². The van der Waals surface area contributed by atoms with Gasteiger partial charge >= 0.3 is 0 Å². The fourth-order valence-corrected chi connectivity index (χ4v) is 7.36. The van der Waals surface area contributed by atoms with Gasteiger partial charge in [-0.3, -0.25) is 19.1 Å². The Labute approximate surface area is 258 Å². The van der Waals surface area contributed by atoms with Crippen molar-refractivity contribution in [2.24, 2.45) is 11.3 Å². The number of hydrogen-bond acceptors (Lipinski definition) is 9. The number of methoxy groups -OCH3 is 1. The number of rotatable bonds is 11. The van der Waals surface area contributed by atoms with E-state index in [2.05, 4.69) is 26.9 Å². The minimum absolute atomic E-state index is 0.111. The van der Waals surface area contributed by atoms with Crippen LogP contribution < -0.4 is 24.8 Å². The first-order chi connectivity index (χ1) is 20.7. The lowest BCUT2D eigenvalue weighted by atomic mass is 9.86. The van der Waals surface area contributed by atoms with Crippen molar-refractivity contribution in [2.75, 3.05) is 20.7 Å². The molecule has 1 aliphatic heterocycles. The number of sulfonamides is 1. The number of carbonyl (C=O) groups is 3. The van der Waals surface area contributed by atoms with E-state index in [1.807, 2.05) is 39.0 Å². The normalized spacial score (nSPS) is 25.7. The summed E-state index contributed by atoms with van der Waals surface area (Å²) in [6.45, 7) is 9.66. The Morgan fingerprint density at radius 1 is 1.20 bits per heavy atom. The van der Waals surface area contributed by atoms with Crippen LogP contribution >= 0.6 is 0 Å². The number of aromatic nitrogens is 1. The van der Waals surface area contributed by atoms with Crippen LogP contribution in [0.2, 0.25) is 0 Å². The first-order valence-corrected chi connectivity index (χ1v) is 16.4. The van der Waals surface area contributed by atoms with Crippen molar-refractivity contribution in [1.82, 2.24) is 25.2 Å². The maximum atomic E-state index is 14.0. The van der Waals surface area contributed by atoms with Crippen LogP contribution in [0.25, 0.3) is 10.8 Å². The molecule has 0 bridgehead atoms. The summed E-state index contributed by atoms with van der Waals surface area (Å²) in [5.41, 5.74) is -1.93. The summed E-state index contributed by atoms with van der Waals surface area (Å²) in [4.78, 5) is 47.1. The van der Waals surface area contributed by atoms with Crippen LogP contribution in [0.3, 0.4) is 0 Å². The third-order valence-electron chi connectivity index (χ3n) is 8.71. The van der Waals surface area contributed by atoms with E-state index in [-0.39, 0.29) is 25.3 Å². The minimum Gasteiger partial charge on any atom is -0.497 e. The van der Waals surface area contributed by atoms with E-state index in [0.717, 1.165) is 10.8 Å². The van der Waals surface area contributed by atoms with Crippen LogP contribution in [0.5, 0.6) is 11.6 Å². The largest absolute Gasteiger partial charge is 0.497 e. The highest BCUT2D eigenvalue weighted by molar-refractivity contribution is 7.91. The third-order valence-corrected chi connectivity index (χ3v) is 10.5. The quantitative estimate of drug-likeness (QED) is 0.317. The van der Waals surface area contributed by atoms with Gasteiger partial charge in [-0.25, -0.2) is 13.4 Å². The molecule has 44 heavy (non-hydrogen) atoms. The average molecular weight is 628 g/mol. The summed E-state index contributed by atoms with van der Waals surface area (Å²) in [6, 6.07) is 5.77. The van der Waals surface area contributed by atoms with E-state index in [9.17, 15) is 22.8 Å². The second kappa shape index (κ2) is 11.7. The van der Waals surface area contributed by atoms with Gasteiger partial charge in [0.1, 0.15) is 23.4 Å². The van der Waals surface area contributed by atoms with Gasteiger partial charge < -0.3 is 25.0 Å². The molecule has 1 aromatic carbocycles. The molecule has 3 aliphatic rings. The molecule has 2 unspecified atom stereocenters. The molecule has 0 spiro atoms. The molecule has 1 aromatic heterocycles. The van der Waals surface area contributed by atoms with E-state index in [0.29, 0.717) is 24.5 Å². The van der Waals surface area contributed by atoms with Crippen molar-refractivity contribution in [2.45, 2.75) is 75.4 Å². The molecule has 2 aromatic rings. The molecule has 5 rings (SSSR count). The van der Waals surface area contributed by atoms with Gasteiger partial charge in [0, 0.05) is 23.9 Å². The van der Waals surface area contributed by atoms with Crippen molar-refractivity contribution >= 4 is 38.5 Å². The fourth-order valence-electron chi connectivity index (χ4n) is 5.99. The topological polar surface area (TPSA) is 156 Å². The first kappa shape index (κ1) is 31.7. The summed E-state index contributed by atoms with van der Waals surface area (Å²) in [6.07, 6.45) is 3.91. The number of benzene rings is 1. The predicted octanol–water partition coefficient (Wildman–Crippen LogP) is 1.90. The molecular formula is C31H41N5O7S. The van der Waals surface area contributed by atoms with E-state index in [4.69, 9.17) is 9.47 Å². The number of ether oxygens (including phenoxy) is 2.